The summed E-state index contributed by atoms with van der Waals surface area (Å²) in [5.41, 5.74) is 8.09. The highest BCUT2D eigenvalue weighted by atomic mass is 15.3. The molecule has 2 rings (SSSR count). The fraction of sp³-hybridized carbons (Fsp3) is 0.786. The SMILES string of the molecule is CCCc1nn(C)c(NC2CCCCCC2)c1N. The van der Waals surface area contributed by atoms with Crippen LogP contribution in [0.5, 0.6) is 0 Å². The quantitative estimate of drug-likeness (QED) is 0.807. The normalized spacial score (nSPS) is 17.7. The number of nitrogen functional groups attached to an aromatic ring is 1. The zero-order valence-electron chi connectivity index (χ0n) is 11.7. The number of hydrogen-bond acceptors (Lipinski definition) is 3. The summed E-state index contributed by atoms with van der Waals surface area (Å²) >= 11 is 0. The highest BCUT2D eigenvalue weighted by Gasteiger charge is 2.17. The standard InChI is InChI=1S/C14H26N4/c1-3-8-12-13(15)14(18(2)17-12)16-11-9-6-4-5-7-10-11/h11,16H,3-10,15H2,1-2H3. The Hall–Kier alpha value is -1.19. The Bertz CT molecular complexity index is 375. The van der Waals surface area contributed by atoms with Gasteiger partial charge in [0.15, 0.2) is 0 Å². The molecule has 4 heteroatoms. The maximum absolute atomic E-state index is 6.20. The second kappa shape index (κ2) is 6.12. The average Bonchev–Trinajstić information content (AvgIpc) is 2.58. The summed E-state index contributed by atoms with van der Waals surface area (Å²) in [6.07, 6.45) is 9.98. The van der Waals surface area contributed by atoms with E-state index in [1.807, 2.05) is 11.7 Å². The number of rotatable bonds is 4. The molecule has 0 bridgehead atoms. The molecule has 1 heterocycles. The van der Waals surface area contributed by atoms with Crippen molar-refractivity contribution < 1.29 is 0 Å². The van der Waals surface area contributed by atoms with Crippen molar-refractivity contribution in [1.82, 2.24) is 9.78 Å². The molecule has 0 atom stereocenters. The molecule has 1 aliphatic rings. The van der Waals surface area contributed by atoms with E-state index in [1.165, 1.54) is 38.5 Å². The van der Waals surface area contributed by atoms with Gasteiger partial charge in [0.2, 0.25) is 0 Å². The van der Waals surface area contributed by atoms with Crippen LogP contribution in [-0.2, 0) is 13.5 Å². The molecule has 0 spiro atoms. The van der Waals surface area contributed by atoms with Crippen LogP contribution in [0.15, 0.2) is 0 Å². The summed E-state index contributed by atoms with van der Waals surface area (Å²) in [5, 5.41) is 8.13. The van der Waals surface area contributed by atoms with Crippen LogP contribution in [0.3, 0.4) is 0 Å². The van der Waals surface area contributed by atoms with Crippen LogP contribution in [0.1, 0.15) is 57.6 Å². The first-order valence-electron chi connectivity index (χ1n) is 7.30. The van der Waals surface area contributed by atoms with Gasteiger partial charge in [-0.1, -0.05) is 39.0 Å². The van der Waals surface area contributed by atoms with E-state index in [0.29, 0.717) is 6.04 Å². The lowest BCUT2D eigenvalue weighted by Crippen LogP contribution is -2.20. The monoisotopic (exact) mass is 250 g/mol. The molecule has 1 aromatic heterocycles. The molecule has 0 unspecified atom stereocenters. The lowest BCUT2D eigenvalue weighted by atomic mass is 10.1. The summed E-state index contributed by atoms with van der Waals surface area (Å²) in [7, 11) is 1.98. The minimum absolute atomic E-state index is 0.569. The van der Waals surface area contributed by atoms with Gasteiger partial charge in [0.1, 0.15) is 5.82 Å². The third-order valence-corrected chi connectivity index (χ3v) is 3.84. The van der Waals surface area contributed by atoms with Crippen LogP contribution in [-0.4, -0.2) is 15.8 Å². The van der Waals surface area contributed by atoms with Crippen molar-refractivity contribution in [2.45, 2.75) is 64.3 Å². The van der Waals surface area contributed by atoms with Crippen LogP contribution >= 0.6 is 0 Å². The highest BCUT2D eigenvalue weighted by molar-refractivity contribution is 5.65. The molecule has 1 fully saturated rings. The number of aryl methyl sites for hydroxylation is 2. The van der Waals surface area contributed by atoms with Crippen molar-refractivity contribution in [1.29, 1.82) is 0 Å². The van der Waals surface area contributed by atoms with Gasteiger partial charge in [0, 0.05) is 13.1 Å². The van der Waals surface area contributed by atoms with E-state index in [1.54, 1.807) is 0 Å². The molecule has 0 radical (unpaired) electrons. The molecule has 18 heavy (non-hydrogen) atoms. The van der Waals surface area contributed by atoms with Crippen molar-refractivity contribution >= 4 is 11.5 Å². The van der Waals surface area contributed by atoms with Gasteiger partial charge < -0.3 is 11.1 Å². The molecular formula is C14H26N4. The Labute approximate surface area is 110 Å². The molecule has 0 aromatic carbocycles. The van der Waals surface area contributed by atoms with Gasteiger partial charge in [0.25, 0.3) is 0 Å². The largest absolute Gasteiger partial charge is 0.394 e. The van der Waals surface area contributed by atoms with E-state index in [0.717, 1.165) is 30.0 Å². The fourth-order valence-electron chi connectivity index (χ4n) is 2.81. The van der Waals surface area contributed by atoms with Gasteiger partial charge in [-0.25, -0.2) is 0 Å². The van der Waals surface area contributed by atoms with E-state index >= 15 is 0 Å². The maximum atomic E-state index is 6.20. The van der Waals surface area contributed by atoms with E-state index < -0.39 is 0 Å². The number of nitrogens with two attached hydrogens (primary N) is 1. The first-order valence-corrected chi connectivity index (χ1v) is 7.30. The van der Waals surface area contributed by atoms with Crippen molar-refractivity contribution in [2.24, 2.45) is 7.05 Å². The molecule has 1 aliphatic carbocycles. The van der Waals surface area contributed by atoms with E-state index in [4.69, 9.17) is 5.73 Å². The predicted octanol–water partition coefficient (Wildman–Crippen LogP) is 3.09. The molecular weight excluding hydrogens is 224 g/mol. The second-order valence-electron chi connectivity index (χ2n) is 5.42. The summed E-state index contributed by atoms with van der Waals surface area (Å²) in [6, 6.07) is 0.569. The van der Waals surface area contributed by atoms with Gasteiger partial charge >= 0.3 is 0 Å². The topological polar surface area (TPSA) is 55.9 Å². The molecule has 3 N–H and O–H groups in total. The average molecular weight is 250 g/mol. The zero-order chi connectivity index (χ0) is 13.0. The Kier molecular flexibility index (Phi) is 4.50. The highest BCUT2D eigenvalue weighted by Crippen LogP contribution is 2.27. The lowest BCUT2D eigenvalue weighted by Gasteiger charge is -2.18. The third kappa shape index (κ3) is 2.98. The van der Waals surface area contributed by atoms with Gasteiger partial charge in [-0.3, -0.25) is 4.68 Å². The Morgan fingerprint density at radius 1 is 1.28 bits per heavy atom. The van der Waals surface area contributed by atoms with Crippen LogP contribution < -0.4 is 11.1 Å². The van der Waals surface area contributed by atoms with Gasteiger partial charge in [-0.05, 0) is 19.3 Å². The van der Waals surface area contributed by atoms with Crippen LogP contribution in [0.25, 0.3) is 0 Å². The second-order valence-corrected chi connectivity index (χ2v) is 5.42. The van der Waals surface area contributed by atoms with Crippen LogP contribution in [0, 0.1) is 0 Å². The van der Waals surface area contributed by atoms with Gasteiger partial charge in [-0.15, -0.1) is 0 Å². The zero-order valence-corrected chi connectivity index (χ0v) is 11.7. The molecule has 4 nitrogen and oxygen atoms in total. The Balaban J connectivity index is 2.07. The Morgan fingerprint density at radius 3 is 2.56 bits per heavy atom. The van der Waals surface area contributed by atoms with Crippen LogP contribution in [0.2, 0.25) is 0 Å². The van der Waals surface area contributed by atoms with Crippen molar-refractivity contribution in [3.63, 3.8) is 0 Å². The minimum Gasteiger partial charge on any atom is -0.394 e. The summed E-state index contributed by atoms with van der Waals surface area (Å²) in [6.45, 7) is 2.16. The number of nitrogens with one attached hydrogen (secondary N) is 1. The first-order chi connectivity index (χ1) is 8.72. The number of aromatic nitrogens is 2. The lowest BCUT2D eigenvalue weighted by molar-refractivity contribution is 0.609. The molecule has 1 saturated carbocycles. The molecule has 0 aliphatic heterocycles. The smallest absolute Gasteiger partial charge is 0.147 e. The van der Waals surface area contributed by atoms with Gasteiger partial charge in [-0.2, -0.15) is 5.10 Å². The predicted molar refractivity (Wildman–Crippen MR) is 76.7 cm³/mol. The van der Waals surface area contributed by atoms with Gasteiger partial charge in [0.05, 0.1) is 11.4 Å². The van der Waals surface area contributed by atoms with Crippen molar-refractivity contribution in [3.8, 4) is 0 Å². The molecule has 1 aromatic rings. The van der Waals surface area contributed by atoms with E-state index in [2.05, 4.69) is 17.3 Å². The molecule has 0 saturated heterocycles. The molecule has 0 amide bonds. The summed E-state index contributed by atoms with van der Waals surface area (Å²) in [5.74, 6) is 1.02. The third-order valence-electron chi connectivity index (χ3n) is 3.84. The summed E-state index contributed by atoms with van der Waals surface area (Å²) in [4.78, 5) is 0. The molecule has 102 valence electrons. The Morgan fingerprint density at radius 2 is 1.94 bits per heavy atom. The number of nitrogens with zero attached hydrogens (tertiary/aromatic N) is 2. The van der Waals surface area contributed by atoms with Crippen LogP contribution in [0.4, 0.5) is 11.5 Å². The fourth-order valence-corrected chi connectivity index (χ4v) is 2.81. The first kappa shape index (κ1) is 13.2. The van der Waals surface area contributed by atoms with E-state index in [-0.39, 0.29) is 0 Å². The number of hydrogen-bond donors (Lipinski definition) is 2. The van der Waals surface area contributed by atoms with Crippen molar-refractivity contribution in [3.05, 3.63) is 5.69 Å². The van der Waals surface area contributed by atoms with Crippen molar-refractivity contribution in [2.75, 3.05) is 11.1 Å². The number of anilines is 2. The minimum atomic E-state index is 0.569. The summed E-state index contributed by atoms with van der Waals surface area (Å²) < 4.78 is 1.91. The maximum Gasteiger partial charge on any atom is 0.147 e. The van der Waals surface area contributed by atoms with E-state index in [9.17, 15) is 0 Å².